The Kier molecular flexibility index (Phi) is 4.64. The molecule has 0 saturated heterocycles. The Labute approximate surface area is 175 Å². The van der Waals surface area contributed by atoms with Gasteiger partial charge in [0.2, 0.25) is 0 Å². The predicted octanol–water partition coefficient (Wildman–Crippen LogP) is 4.82. The van der Waals surface area contributed by atoms with Crippen molar-refractivity contribution in [3.8, 4) is 22.3 Å². The number of benzene rings is 2. The zero-order valence-corrected chi connectivity index (χ0v) is 17.2. The minimum Gasteiger partial charge on any atom is -0.334 e. The second kappa shape index (κ2) is 7.59. The molecular weight excluding hydrogens is 370 g/mol. The first-order valence-corrected chi connectivity index (χ1v) is 10.1. The number of para-hydroxylation sites is 1. The summed E-state index contributed by atoms with van der Waals surface area (Å²) in [4.78, 5) is 8.70. The number of aromatic nitrogens is 5. The highest BCUT2D eigenvalue weighted by atomic mass is 15.2. The van der Waals surface area contributed by atoms with E-state index in [-0.39, 0.29) is 0 Å². The van der Waals surface area contributed by atoms with Crippen LogP contribution >= 0.6 is 0 Å². The lowest BCUT2D eigenvalue weighted by atomic mass is 9.99. The number of rotatable bonds is 5. The van der Waals surface area contributed by atoms with Crippen molar-refractivity contribution in [2.45, 2.75) is 12.8 Å². The first kappa shape index (κ1) is 18.3. The molecule has 5 nitrogen and oxygen atoms in total. The van der Waals surface area contributed by atoms with Crippen LogP contribution in [0.25, 0.3) is 33.3 Å². The monoisotopic (exact) mass is 393 g/mol. The minimum atomic E-state index is 0.896. The van der Waals surface area contributed by atoms with E-state index in [0.29, 0.717) is 0 Å². The van der Waals surface area contributed by atoms with E-state index in [9.17, 15) is 0 Å². The van der Waals surface area contributed by atoms with E-state index >= 15 is 0 Å². The molecule has 5 heteroatoms. The Morgan fingerprint density at radius 1 is 0.800 bits per heavy atom. The number of imidazole rings is 1. The Hall–Kier alpha value is -3.73. The molecule has 5 aromatic rings. The molecule has 0 spiro atoms. The van der Waals surface area contributed by atoms with Gasteiger partial charge in [0.15, 0.2) is 0 Å². The Morgan fingerprint density at radius 3 is 2.37 bits per heavy atom. The largest absolute Gasteiger partial charge is 0.334 e. The highest BCUT2D eigenvalue weighted by Crippen LogP contribution is 2.28. The zero-order chi connectivity index (χ0) is 20.5. The first-order chi connectivity index (χ1) is 14.7. The van der Waals surface area contributed by atoms with Crippen molar-refractivity contribution in [3.63, 3.8) is 0 Å². The van der Waals surface area contributed by atoms with Crippen molar-refractivity contribution < 1.29 is 0 Å². The summed E-state index contributed by atoms with van der Waals surface area (Å²) in [5.41, 5.74) is 9.32. The molecule has 30 heavy (non-hydrogen) atoms. The van der Waals surface area contributed by atoms with Crippen LogP contribution in [0.5, 0.6) is 0 Å². The van der Waals surface area contributed by atoms with E-state index in [1.807, 2.05) is 49.6 Å². The van der Waals surface area contributed by atoms with Crippen LogP contribution in [0.4, 0.5) is 0 Å². The molecule has 148 valence electrons. The van der Waals surface area contributed by atoms with E-state index in [4.69, 9.17) is 0 Å². The maximum Gasteiger partial charge on any atom is 0.0962 e. The van der Waals surface area contributed by atoms with Crippen molar-refractivity contribution in [2.75, 3.05) is 0 Å². The van der Waals surface area contributed by atoms with Crippen LogP contribution in [0.3, 0.4) is 0 Å². The van der Waals surface area contributed by atoms with Crippen LogP contribution < -0.4 is 0 Å². The molecule has 0 saturated carbocycles. The lowest BCUT2D eigenvalue weighted by Crippen LogP contribution is -1.96. The highest BCUT2D eigenvalue weighted by Gasteiger charge is 2.11. The number of nitrogens with zero attached hydrogens (tertiary/aromatic N) is 5. The van der Waals surface area contributed by atoms with E-state index in [0.717, 1.165) is 35.1 Å². The lowest BCUT2D eigenvalue weighted by Gasteiger charge is -2.06. The van der Waals surface area contributed by atoms with E-state index in [1.165, 1.54) is 22.3 Å². The van der Waals surface area contributed by atoms with Crippen LogP contribution in [0.15, 0.2) is 79.5 Å². The SMILES string of the molecule is Cn1cc(-c2ccncc2)c(CCc2ccc(-c3cccc4c3ncn4C)cc2)n1. The number of hydrogen-bond donors (Lipinski definition) is 0. The summed E-state index contributed by atoms with van der Waals surface area (Å²) in [6, 6.07) is 19.2. The van der Waals surface area contributed by atoms with Gasteiger partial charge in [-0.3, -0.25) is 9.67 Å². The van der Waals surface area contributed by atoms with E-state index in [2.05, 4.69) is 68.3 Å². The fourth-order valence-electron chi connectivity index (χ4n) is 4.00. The third kappa shape index (κ3) is 3.39. The fourth-order valence-corrected chi connectivity index (χ4v) is 4.00. The molecule has 3 aromatic heterocycles. The zero-order valence-electron chi connectivity index (χ0n) is 17.2. The Bertz CT molecular complexity index is 1300. The van der Waals surface area contributed by atoms with Gasteiger partial charge >= 0.3 is 0 Å². The molecule has 0 aliphatic heterocycles. The van der Waals surface area contributed by atoms with Gasteiger partial charge in [-0.1, -0.05) is 36.4 Å². The number of aryl methyl sites for hydroxylation is 4. The molecule has 2 aromatic carbocycles. The fraction of sp³-hybridized carbons (Fsp3) is 0.160. The molecule has 5 rings (SSSR count). The molecule has 0 unspecified atom stereocenters. The van der Waals surface area contributed by atoms with Gasteiger partial charge in [-0.25, -0.2) is 4.98 Å². The Balaban J connectivity index is 1.37. The number of hydrogen-bond acceptors (Lipinski definition) is 3. The summed E-state index contributed by atoms with van der Waals surface area (Å²) in [6.45, 7) is 0. The van der Waals surface area contributed by atoms with E-state index in [1.54, 1.807) is 0 Å². The second-order valence-corrected chi connectivity index (χ2v) is 7.62. The number of pyridine rings is 1. The van der Waals surface area contributed by atoms with Crippen LogP contribution in [0.2, 0.25) is 0 Å². The molecule has 0 bridgehead atoms. The summed E-state index contributed by atoms with van der Waals surface area (Å²) in [5, 5.41) is 4.69. The average Bonchev–Trinajstić information content (AvgIpc) is 3.36. The first-order valence-electron chi connectivity index (χ1n) is 10.1. The minimum absolute atomic E-state index is 0.896. The third-order valence-corrected chi connectivity index (χ3v) is 5.57. The maximum absolute atomic E-state index is 4.69. The van der Waals surface area contributed by atoms with E-state index < -0.39 is 0 Å². The third-order valence-electron chi connectivity index (χ3n) is 5.57. The smallest absolute Gasteiger partial charge is 0.0962 e. The standard InChI is InChI=1S/C25H23N5/c1-29-17-27-25-21(4-3-5-24(25)29)19-9-6-18(7-10-19)8-11-23-22(16-30(2)28-23)20-12-14-26-15-13-20/h3-7,9-10,12-17H,8,11H2,1-2H3. The van der Waals surface area contributed by atoms with Gasteiger partial charge in [0.25, 0.3) is 0 Å². The molecule has 0 N–H and O–H groups in total. The van der Waals surface area contributed by atoms with Gasteiger partial charge in [0, 0.05) is 43.8 Å². The topological polar surface area (TPSA) is 48.5 Å². The predicted molar refractivity (Wildman–Crippen MR) is 120 cm³/mol. The maximum atomic E-state index is 4.69. The summed E-state index contributed by atoms with van der Waals surface area (Å²) < 4.78 is 3.95. The van der Waals surface area contributed by atoms with Gasteiger partial charge in [0.1, 0.15) is 0 Å². The normalized spacial score (nSPS) is 11.3. The van der Waals surface area contributed by atoms with Crippen LogP contribution in [-0.4, -0.2) is 24.3 Å². The molecule has 0 amide bonds. The van der Waals surface area contributed by atoms with Crippen molar-refractivity contribution in [1.82, 2.24) is 24.3 Å². The quantitative estimate of drug-likeness (QED) is 0.430. The van der Waals surface area contributed by atoms with Gasteiger partial charge in [-0.2, -0.15) is 5.10 Å². The van der Waals surface area contributed by atoms with Gasteiger partial charge in [0.05, 0.1) is 23.1 Å². The van der Waals surface area contributed by atoms with Crippen LogP contribution in [0.1, 0.15) is 11.3 Å². The molecule has 0 radical (unpaired) electrons. The summed E-state index contributed by atoms with van der Waals surface area (Å²) in [6.07, 6.45) is 9.45. The molecule has 0 atom stereocenters. The molecule has 0 fully saturated rings. The van der Waals surface area contributed by atoms with Crippen LogP contribution in [-0.2, 0) is 26.9 Å². The van der Waals surface area contributed by atoms with Gasteiger partial charge in [-0.15, -0.1) is 0 Å². The molecule has 3 heterocycles. The Morgan fingerprint density at radius 2 is 1.57 bits per heavy atom. The van der Waals surface area contributed by atoms with Crippen molar-refractivity contribution in [3.05, 3.63) is 90.8 Å². The molecule has 0 aliphatic carbocycles. The van der Waals surface area contributed by atoms with Gasteiger partial charge in [-0.05, 0) is 47.7 Å². The summed E-state index contributed by atoms with van der Waals surface area (Å²) >= 11 is 0. The highest BCUT2D eigenvalue weighted by molar-refractivity contribution is 5.92. The lowest BCUT2D eigenvalue weighted by molar-refractivity contribution is 0.737. The summed E-state index contributed by atoms with van der Waals surface area (Å²) in [7, 11) is 4.00. The van der Waals surface area contributed by atoms with Crippen molar-refractivity contribution in [1.29, 1.82) is 0 Å². The van der Waals surface area contributed by atoms with Crippen molar-refractivity contribution >= 4 is 11.0 Å². The second-order valence-electron chi connectivity index (χ2n) is 7.62. The summed E-state index contributed by atoms with van der Waals surface area (Å²) in [5.74, 6) is 0. The molecular formula is C25H23N5. The van der Waals surface area contributed by atoms with Crippen LogP contribution in [0, 0.1) is 0 Å². The molecule has 0 aliphatic rings. The number of fused-ring (bicyclic) bond motifs is 1. The average molecular weight is 393 g/mol. The van der Waals surface area contributed by atoms with Gasteiger partial charge < -0.3 is 4.57 Å². The van der Waals surface area contributed by atoms with Crippen molar-refractivity contribution in [2.24, 2.45) is 14.1 Å².